The molecule has 5 nitrogen and oxygen atoms in total. The number of fused-ring (bicyclic) bond motifs is 1. The molecule has 0 spiro atoms. The van der Waals surface area contributed by atoms with Crippen molar-refractivity contribution in [1.29, 1.82) is 0 Å². The van der Waals surface area contributed by atoms with Crippen LogP contribution >= 0.6 is 27.5 Å². The Morgan fingerprint density at radius 2 is 1.93 bits per heavy atom. The number of alkyl halides is 3. The monoisotopic (exact) mass is 510 g/mol. The normalized spacial score (nSPS) is 16.7. The molecule has 1 unspecified atom stereocenters. The van der Waals surface area contributed by atoms with Crippen molar-refractivity contribution < 1.29 is 26.4 Å². The van der Waals surface area contributed by atoms with E-state index in [1.54, 1.807) is 13.0 Å². The number of carbonyl (C=O) groups excluding carboxylic acids is 1. The molecule has 0 radical (unpaired) electrons. The lowest BCUT2D eigenvalue weighted by Crippen LogP contribution is -2.34. The number of amides is 1. The van der Waals surface area contributed by atoms with Crippen LogP contribution in [-0.2, 0) is 27.4 Å². The Morgan fingerprint density at radius 3 is 2.52 bits per heavy atom. The Hall–Kier alpha value is -1.78. The van der Waals surface area contributed by atoms with E-state index in [9.17, 15) is 26.4 Å². The predicted octanol–water partition coefficient (Wildman–Crippen LogP) is 5.22. The number of nitrogens with zero attached hydrogens (tertiary/aromatic N) is 1. The van der Waals surface area contributed by atoms with Crippen molar-refractivity contribution in [2.24, 2.45) is 0 Å². The second kappa shape index (κ2) is 7.48. The number of hydrogen-bond donors (Lipinski definition) is 1. The fourth-order valence-corrected chi connectivity index (χ4v) is 5.57. The third-order valence-corrected chi connectivity index (χ3v) is 6.65. The van der Waals surface area contributed by atoms with Crippen LogP contribution in [0.3, 0.4) is 0 Å². The summed E-state index contributed by atoms with van der Waals surface area (Å²) in [4.78, 5) is 13.3. The average Bonchev–Trinajstić information content (AvgIpc) is 2.90. The Balaban J connectivity index is 2.10. The van der Waals surface area contributed by atoms with Crippen molar-refractivity contribution in [3.8, 4) is 0 Å². The van der Waals surface area contributed by atoms with Gasteiger partial charge >= 0.3 is 6.18 Å². The van der Waals surface area contributed by atoms with Gasteiger partial charge in [-0.1, -0.05) is 27.5 Å². The van der Waals surface area contributed by atoms with Gasteiger partial charge in [-0.05, 0) is 49.2 Å². The largest absolute Gasteiger partial charge is 0.417 e. The zero-order chi connectivity index (χ0) is 21.7. The third-order valence-electron chi connectivity index (χ3n) is 4.47. The zero-order valence-corrected chi connectivity index (χ0v) is 18.3. The van der Waals surface area contributed by atoms with Crippen LogP contribution in [0.4, 0.5) is 24.5 Å². The van der Waals surface area contributed by atoms with Gasteiger partial charge in [0.05, 0.1) is 16.3 Å². The Bertz CT molecular complexity index is 1110. The van der Waals surface area contributed by atoms with E-state index in [0.29, 0.717) is 22.5 Å². The van der Waals surface area contributed by atoms with E-state index in [1.165, 1.54) is 17.9 Å². The molecule has 1 amide bonds. The molecule has 0 saturated heterocycles. The quantitative estimate of drug-likeness (QED) is 0.614. The first-order valence-electron chi connectivity index (χ1n) is 8.33. The van der Waals surface area contributed by atoms with Crippen molar-refractivity contribution >= 4 is 54.8 Å². The van der Waals surface area contributed by atoms with Crippen molar-refractivity contribution in [3.05, 3.63) is 51.0 Å². The molecule has 2 aromatic rings. The second-order valence-electron chi connectivity index (χ2n) is 6.65. The topological polar surface area (TPSA) is 66.5 Å². The van der Waals surface area contributed by atoms with E-state index >= 15 is 0 Å². The summed E-state index contributed by atoms with van der Waals surface area (Å²) in [6.07, 6.45) is -4.29. The third kappa shape index (κ3) is 4.24. The van der Waals surface area contributed by atoms with Gasteiger partial charge in [0.2, 0.25) is 5.91 Å². The minimum Gasteiger partial charge on any atom is -0.308 e. The van der Waals surface area contributed by atoms with Crippen molar-refractivity contribution in [2.75, 3.05) is 9.62 Å². The molecule has 0 aliphatic carbocycles. The predicted molar refractivity (Wildman–Crippen MR) is 108 cm³/mol. The van der Waals surface area contributed by atoms with Crippen LogP contribution in [0.25, 0.3) is 0 Å². The molecule has 0 bridgehead atoms. The van der Waals surface area contributed by atoms with Crippen molar-refractivity contribution in [3.63, 3.8) is 0 Å². The first kappa shape index (κ1) is 21.9. The number of halogens is 5. The molecule has 2 aromatic carbocycles. The Morgan fingerprint density at radius 1 is 1.28 bits per heavy atom. The fourth-order valence-electron chi connectivity index (χ4n) is 3.38. The van der Waals surface area contributed by atoms with Gasteiger partial charge in [0.25, 0.3) is 10.0 Å². The molecule has 3 rings (SSSR count). The molecule has 29 heavy (non-hydrogen) atoms. The molecule has 0 aromatic heterocycles. The maximum atomic E-state index is 13.1. The van der Waals surface area contributed by atoms with E-state index in [0.717, 1.165) is 12.1 Å². The lowest BCUT2D eigenvalue weighted by Gasteiger charge is -2.23. The van der Waals surface area contributed by atoms with Crippen molar-refractivity contribution in [2.45, 2.75) is 37.4 Å². The van der Waals surface area contributed by atoms with Gasteiger partial charge in [0.15, 0.2) is 0 Å². The van der Waals surface area contributed by atoms with Crippen LogP contribution in [0.15, 0.2) is 39.7 Å². The number of carbonyl (C=O) groups is 1. The average molecular weight is 512 g/mol. The van der Waals surface area contributed by atoms with E-state index in [2.05, 4.69) is 20.7 Å². The van der Waals surface area contributed by atoms with Crippen molar-refractivity contribution in [1.82, 2.24) is 0 Å². The SMILES string of the molecule is CC(=O)N1c2c(cc(Br)cc2S(=O)(=O)Nc2ccc(Cl)c(C(F)(F)F)c2)CC1C. The number of hydrogen-bond acceptors (Lipinski definition) is 3. The minimum atomic E-state index is -4.74. The summed E-state index contributed by atoms with van der Waals surface area (Å²) < 4.78 is 68.0. The van der Waals surface area contributed by atoms with Gasteiger partial charge < -0.3 is 4.90 Å². The summed E-state index contributed by atoms with van der Waals surface area (Å²) >= 11 is 8.84. The molecular weight excluding hydrogens is 497 g/mol. The molecule has 0 fully saturated rings. The number of benzene rings is 2. The number of rotatable bonds is 3. The number of sulfonamides is 1. The maximum absolute atomic E-state index is 13.1. The Kier molecular flexibility index (Phi) is 5.65. The lowest BCUT2D eigenvalue weighted by molar-refractivity contribution is -0.137. The highest BCUT2D eigenvalue weighted by Gasteiger charge is 2.36. The van der Waals surface area contributed by atoms with Gasteiger partial charge in [-0.25, -0.2) is 8.42 Å². The van der Waals surface area contributed by atoms with Crippen LogP contribution in [0.2, 0.25) is 5.02 Å². The van der Waals surface area contributed by atoms with Crippen LogP contribution < -0.4 is 9.62 Å². The van der Waals surface area contributed by atoms with Gasteiger partial charge in [0, 0.05) is 23.1 Å². The number of nitrogens with one attached hydrogen (secondary N) is 1. The molecule has 1 heterocycles. The second-order valence-corrected chi connectivity index (χ2v) is 9.63. The molecule has 156 valence electrons. The Labute approximate surface area is 179 Å². The first-order chi connectivity index (χ1) is 13.3. The smallest absolute Gasteiger partial charge is 0.308 e. The molecule has 1 aliphatic rings. The zero-order valence-electron chi connectivity index (χ0n) is 15.1. The van der Waals surface area contributed by atoms with Crippen LogP contribution in [0, 0.1) is 0 Å². The minimum absolute atomic E-state index is 0.204. The summed E-state index contributed by atoms with van der Waals surface area (Å²) in [6, 6.07) is 5.52. The highest BCUT2D eigenvalue weighted by Crippen LogP contribution is 2.41. The van der Waals surface area contributed by atoms with E-state index in [1.807, 2.05) is 0 Å². The fraction of sp³-hybridized carbons (Fsp3) is 0.278. The van der Waals surface area contributed by atoms with Gasteiger partial charge in [-0.3, -0.25) is 9.52 Å². The van der Waals surface area contributed by atoms with Crippen LogP contribution in [0.5, 0.6) is 0 Å². The summed E-state index contributed by atoms with van der Waals surface area (Å²) in [6.45, 7) is 3.11. The molecule has 0 saturated carbocycles. The van der Waals surface area contributed by atoms with Gasteiger partial charge in [-0.2, -0.15) is 13.2 Å². The molecule has 1 N–H and O–H groups in total. The van der Waals surface area contributed by atoms with Crippen LogP contribution in [0.1, 0.15) is 25.0 Å². The molecule has 1 aliphatic heterocycles. The summed E-state index contributed by atoms with van der Waals surface area (Å²) in [5.74, 6) is -0.333. The molecule has 11 heteroatoms. The lowest BCUT2D eigenvalue weighted by atomic mass is 10.1. The van der Waals surface area contributed by atoms with E-state index in [4.69, 9.17) is 11.6 Å². The highest BCUT2D eigenvalue weighted by molar-refractivity contribution is 9.10. The first-order valence-corrected chi connectivity index (χ1v) is 11.0. The van der Waals surface area contributed by atoms with Gasteiger partial charge in [0.1, 0.15) is 4.90 Å². The maximum Gasteiger partial charge on any atom is 0.417 e. The van der Waals surface area contributed by atoms with E-state index < -0.39 is 26.8 Å². The summed E-state index contributed by atoms with van der Waals surface area (Å²) in [5.41, 5.74) is -0.575. The standard InChI is InChI=1S/C18H15BrClF3N2O3S/c1-9-5-11-6-12(19)7-16(17(11)25(9)10(2)26)29(27,28)24-13-3-4-15(20)14(8-13)18(21,22)23/h3-4,6-9,24H,5H2,1-2H3. The molecular formula is C18H15BrClF3N2O3S. The summed E-state index contributed by atoms with van der Waals surface area (Å²) in [5, 5.41) is -0.541. The summed E-state index contributed by atoms with van der Waals surface area (Å²) in [7, 11) is -4.31. The van der Waals surface area contributed by atoms with E-state index in [-0.39, 0.29) is 28.2 Å². The molecule has 1 atom stereocenters. The highest BCUT2D eigenvalue weighted by atomic mass is 79.9. The number of anilines is 2. The van der Waals surface area contributed by atoms with Gasteiger partial charge in [-0.15, -0.1) is 0 Å². The van der Waals surface area contributed by atoms with Crippen LogP contribution in [-0.4, -0.2) is 20.4 Å².